The minimum Gasteiger partial charge on any atom is -0.492 e. The van der Waals surface area contributed by atoms with E-state index < -0.39 is 10.0 Å². The molecule has 0 atom stereocenters. The summed E-state index contributed by atoms with van der Waals surface area (Å²) in [5.74, 6) is 1.18. The molecule has 0 aliphatic carbocycles. The van der Waals surface area contributed by atoms with Gasteiger partial charge >= 0.3 is 0 Å². The highest BCUT2D eigenvalue weighted by Crippen LogP contribution is 2.20. The smallest absolute Gasteiger partial charge is 0.242 e. The molecule has 0 aliphatic heterocycles. The van der Waals surface area contributed by atoms with Crippen molar-refractivity contribution in [3.63, 3.8) is 0 Å². The van der Waals surface area contributed by atoms with Crippen LogP contribution in [0.1, 0.15) is 25.3 Å². The number of nitrogens with one attached hydrogen (secondary N) is 1. The van der Waals surface area contributed by atoms with Crippen molar-refractivity contribution in [3.05, 3.63) is 59.1 Å². The van der Waals surface area contributed by atoms with E-state index in [1.165, 1.54) is 11.6 Å². The van der Waals surface area contributed by atoms with Crippen molar-refractivity contribution in [2.75, 3.05) is 13.2 Å². The van der Waals surface area contributed by atoms with Crippen molar-refractivity contribution in [3.8, 4) is 5.75 Å². The van der Waals surface area contributed by atoms with Crippen molar-refractivity contribution in [1.29, 1.82) is 0 Å². The van der Waals surface area contributed by atoms with Gasteiger partial charge in [0, 0.05) is 6.54 Å². The second-order valence-electron chi connectivity index (χ2n) is 5.40. The third-order valence-corrected chi connectivity index (χ3v) is 5.30. The van der Waals surface area contributed by atoms with E-state index in [-0.39, 0.29) is 23.1 Å². The first-order valence-corrected chi connectivity index (χ1v) is 9.23. The highest BCUT2D eigenvalue weighted by molar-refractivity contribution is 7.89. The molecule has 2 rings (SSSR count). The summed E-state index contributed by atoms with van der Waals surface area (Å²) in [6.45, 7) is 4.66. The van der Waals surface area contributed by atoms with Crippen molar-refractivity contribution in [1.82, 2.24) is 4.72 Å². The van der Waals surface area contributed by atoms with Gasteiger partial charge in [0.15, 0.2) is 0 Å². The Morgan fingerprint density at radius 2 is 1.74 bits per heavy atom. The second-order valence-corrected chi connectivity index (χ2v) is 7.54. The molecule has 1 N–H and O–H groups in total. The van der Waals surface area contributed by atoms with E-state index in [9.17, 15) is 8.42 Å². The first-order chi connectivity index (χ1) is 10.9. The monoisotopic (exact) mass is 353 g/mol. The molecule has 0 fully saturated rings. The predicted octanol–water partition coefficient (Wildman–Crippen LogP) is 3.82. The summed E-state index contributed by atoms with van der Waals surface area (Å²) in [5, 5.41) is 0.199. The van der Waals surface area contributed by atoms with Crippen LogP contribution in [0, 0.1) is 0 Å². The Bertz CT molecular complexity index is 743. The number of ether oxygens (including phenoxy) is 1. The molecular weight excluding hydrogens is 334 g/mol. The summed E-state index contributed by atoms with van der Waals surface area (Å²) in [6.07, 6.45) is 0. The second kappa shape index (κ2) is 7.81. The van der Waals surface area contributed by atoms with Gasteiger partial charge in [0.1, 0.15) is 17.3 Å². The standard InChI is InChI=1S/C17H20ClNO3S/c1-13(2)14-7-9-15(10-8-14)22-12-11-19-23(20,21)17-6-4-3-5-16(17)18/h3-10,13,19H,11-12H2,1-2H3. The number of benzene rings is 2. The number of hydrogen-bond donors (Lipinski definition) is 1. The van der Waals surface area contributed by atoms with Crippen LogP contribution in [0.4, 0.5) is 0 Å². The zero-order chi connectivity index (χ0) is 16.9. The van der Waals surface area contributed by atoms with Gasteiger partial charge in [0.05, 0.1) is 5.02 Å². The van der Waals surface area contributed by atoms with E-state index >= 15 is 0 Å². The lowest BCUT2D eigenvalue weighted by molar-refractivity contribution is 0.322. The third-order valence-electron chi connectivity index (χ3n) is 3.34. The Labute approximate surface area is 142 Å². The van der Waals surface area contributed by atoms with Crippen LogP contribution in [0.15, 0.2) is 53.4 Å². The molecule has 0 heterocycles. The molecule has 6 heteroatoms. The van der Waals surface area contributed by atoms with Crippen molar-refractivity contribution >= 4 is 21.6 Å². The molecule has 124 valence electrons. The fraction of sp³-hybridized carbons (Fsp3) is 0.294. The number of hydrogen-bond acceptors (Lipinski definition) is 3. The highest BCUT2D eigenvalue weighted by atomic mass is 35.5. The maximum Gasteiger partial charge on any atom is 0.242 e. The minimum atomic E-state index is -3.63. The van der Waals surface area contributed by atoms with Gasteiger partial charge in [0.2, 0.25) is 10.0 Å². The van der Waals surface area contributed by atoms with Gasteiger partial charge in [-0.3, -0.25) is 0 Å². The molecule has 0 saturated heterocycles. The molecule has 0 aliphatic rings. The molecule has 0 saturated carbocycles. The highest BCUT2D eigenvalue weighted by Gasteiger charge is 2.16. The molecule has 0 amide bonds. The van der Waals surface area contributed by atoms with E-state index in [4.69, 9.17) is 16.3 Å². The average molecular weight is 354 g/mol. The Hall–Kier alpha value is -1.56. The number of halogens is 1. The Morgan fingerprint density at radius 1 is 1.09 bits per heavy atom. The molecule has 2 aromatic carbocycles. The molecule has 4 nitrogen and oxygen atoms in total. The zero-order valence-electron chi connectivity index (χ0n) is 13.1. The Balaban J connectivity index is 1.86. The van der Waals surface area contributed by atoms with Crippen LogP contribution < -0.4 is 9.46 Å². The lowest BCUT2D eigenvalue weighted by Crippen LogP contribution is -2.28. The zero-order valence-corrected chi connectivity index (χ0v) is 14.7. The van der Waals surface area contributed by atoms with Crippen LogP contribution in [-0.2, 0) is 10.0 Å². The summed E-state index contributed by atoms with van der Waals surface area (Å²) >= 11 is 5.91. The number of rotatable bonds is 7. The van der Waals surface area contributed by atoms with E-state index in [2.05, 4.69) is 18.6 Å². The van der Waals surface area contributed by atoms with Gasteiger partial charge in [-0.1, -0.05) is 49.7 Å². The van der Waals surface area contributed by atoms with Crippen molar-refractivity contribution in [2.45, 2.75) is 24.7 Å². The molecule has 0 radical (unpaired) electrons. The van der Waals surface area contributed by atoms with Crippen LogP contribution in [0.25, 0.3) is 0 Å². The molecule has 2 aromatic rings. The molecule has 0 unspecified atom stereocenters. The molecule has 0 bridgehead atoms. The van der Waals surface area contributed by atoms with E-state index in [1.54, 1.807) is 18.2 Å². The molecule has 0 aromatic heterocycles. The van der Waals surface area contributed by atoms with Crippen LogP contribution in [0.5, 0.6) is 5.75 Å². The van der Waals surface area contributed by atoms with Crippen molar-refractivity contribution < 1.29 is 13.2 Å². The van der Waals surface area contributed by atoms with E-state index in [1.807, 2.05) is 24.3 Å². The molecule has 23 heavy (non-hydrogen) atoms. The van der Waals surface area contributed by atoms with Crippen LogP contribution in [-0.4, -0.2) is 21.6 Å². The minimum absolute atomic E-state index is 0.0722. The number of sulfonamides is 1. The lowest BCUT2D eigenvalue weighted by atomic mass is 10.0. The Kier molecular flexibility index (Phi) is 6.04. The fourth-order valence-electron chi connectivity index (χ4n) is 2.03. The lowest BCUT2D eigenvalue weighted by Gasteiger charge is -2.10. The summed E-state index contributed by atoms with van der Waals surface area (Å²) in [5.41, 5.74) is 1.23. The summed E-state index contributed by atoms with van der Waals surface area (Å²) in [6, 6.07) is 14.1. The third kappa shape index (κ3) is 4.96. The summed E-state index contributed by atoms with van der Waals surface area (Å²) in [4.78, 5) is 0.0722. The average Bonchev–Trinajstić information content (AvgIpc) is 2.52. The molecule has 0 spiro atoms. The van der Waals surface area contributed by atoms with Gasteiger partial charge in [-0.15, -0.1) is 0 Å². The van der Waals surface area contributed by atoms with E-state index in [0.29, 0.717) is 11.7 Å². The maximum atomic E-state index is 12.1. The van der Waals surface area contributed by atoms with Gasteiger partial charge < -0.3 is 4.74 Å². The van der Waals surface area contributed by atoms with Gasteiger partial charge in [-0.05, 0) is 35.7 Å². The maximum absolute atomic E-state index is 12.1. The summed E-state index contributed by atoms with van der Waals surface area (Å²) in [7, 11) is -3.63. The quantitative estimate of drug-likeness (QED) is 0.770. The van der Waals surface area contributed by atoms with Gasteiger partial charge in [-0.2, -0.15) is 0 Å². The van der Waals surface area contributed by atoms with E-state index in [0.717, 1.165) is 0 Å². The van der Waals surface area contributed by atoms with Crippen molar-refractivity contribution in [2.24, 2.45) is 0 Å². The fourth-order valence-corrected chi connectivity index (χ4v) is 3.56. The summed E-state index contributed by atoms with van der Waals surface area (Å²) < 4.78 is 32.3. The van der Waals surface area contributed by atoms with Gasteiger partial charge in [0.25, 0.3) is 0 Å². The first kappa shape index (κ1) is 17.8. The first-order valence-electron chi connectivity index (χ1n) is 7.37. The SMILES string of the molecule is CC(C)c1ccc(OCCNS(=O)(=O)c2ccccc2Cl)cc1. The topological polar surface area (TPSA) is 55.4 Å². The predicted molar refractivity (Wildman–Crippen MR) is 92.7 cm³/mol. The van der Waals surface area contributed by atoms with Crippen LogP contribution in [0.2, 0.25) is 5.02 Å². The largest absolute Gasteiger partial charge is 0.492 e. The Morgan fingerprint density at radius 3 is 2.35 bits per heavy atom. The van der Waals surface area contributed by atoms with Crippen LogP contribution >= 0.6 is 11.6 Å². The van der Waals surface area contributed by atoms with Crippen LogP contribution in [0.3, 0.4) is 0 Å². The normalized spacial score (nSPS) is 11.7. The van der Waals surface area contributed by atoms with Gasteiger partial charge in [-0.25, -0.2) is 13.1 Å². The molecular formula is C17H20ClNO3S.